The van der Waals surface area contributed by atoms with Crippen LogP contribution in [0.4, 0.5) is 0 Å². The molecule has 2 aromatic carbocycles. The van der Waals surface area contributed by atoms with Crippen LogP contribution in [0.5, 0.6) is 0 Å². The Morgan fingerprint density at radius 3 is 2.85 bits per heavy atom. The molecule has 2 aromatic heterocycles. The number of aromatic amines is 1. The third kappa shape index (κ3) is 4.37. The predicted octanol–water partition coefficient (Wildman–Crippen LogP) is 4.19. The Balaban J connectivity index is 1.54. The summed E-state index contributed by atoms with van der Waals surface area (Å²) in [7, 11) is 0. The van der Waals surface area contributed by atoms with Crippen LogP contribution in [-0.2, 0) is 26.1 Å². The van der Waals surface area contributed by atoms with Crippen molar-refractivity contribution in [2.75, 3.05) is 0 Å². The van der Waals surface area contributed by atoms with Gasteiger partial charge in [-0.25, -0.2) is 9.78 Å². The van der Waals surface area contributed by atoms with E-state index in [1.807, 2.05) is 48.7 Å². The Labute approximate surface area is 192 Å². The van der Waals surface area contributed by atoms with Gasteiger partial charge in [0.05, 0.1) is 34.9 Å². The summed E-state index contributed by atoms with van der Waals surface area (Å²) in [4.78, 5) is 27.3. The molecule has 1 aliphatic rings. The van der Waals surface area contributed by atoms with E-state index in [0.717, 1.165) is 52.9 Å². The number of nitrogens with zero attached hydrogens (tertiary/aromatic N) is 3. The van der Waals surface area contributed by atoms with Gasteiger partial charge in [-0.05, 0) is 60.2 Å². The predicted molar refractivity (Wildman–Crippen MR) is 127 cm³/mol. The number of nitrogens with one attached hydrogen (secondary N) is 1. The highest BCUT2D eigenvalue weighted by Gasteiger charge is 2.29. The van der Waals surface area contributed by atoms with E-state index in [-0.39, 0.29) is 6.04 Å². The minimum atomic E-state index is -0.939. The number of nitrogens with two attached hydrogens (primary N) is 1. The lowest BCUT2D eigenvalue weighted by molar-refractivity contribution is 0.0692. The third-order valence-electron chi connectivity index (χ3n) is 6.41. The summed E-state index contributed by atoms with van der Waals surface area (Å²) in [5, 5.41) is 9.86. The molecule has 7 nitrogen and oxygen atoms in total. The first-order chi connectivity index (χ1) is 16.1. The number of hydrogen-bond acceptors (Lipinski definition) is 5. The zero-order chi connectivity index (χ0) is 22.8. The number of carboxylic acid groups (broad SMARTS) is 1. The van der Waals surface area contributed by atoms with Crippen LogP contribution in [0.1, 0.15) is 57.5 Å². The first-order valence-corrected chi connectivity index (χ1v) is 11.3. The molecule has 0 fully saturated rings. The quantitative estimate of drug-likeness (QED) is 0.397. The van der Waals surface area contributed by atoms with E-state index in [0.29, 0.717) is 25.2 Å². The number of aryl methyl sites for hydroxylation is 1. The molecule has 4 N–H and O–H groups in total. The van der Waals surface area contributed by atoms with Crippen LogP contribution < -0.4 is 5.73 Å². The number of rotatable bonds is 7. The lowest BCUT2D eigenvalue weighted by Gasteiger charge is -2.35. The highest BCUT2D eigenvalue weighted by atomic mass is 16.4. The molecule has 1 aliphatic carbocycles. The summed E-state index contributed by atoms with van der Waals surface area (Å²) in [6, 6.07) is 17.7. The Kier molecular flexibility index (Phi) is 5.90. The lowest BCUT2D eigenvalue weighted by atomic mass is 9.90. The smallest absolute Gasteiger partial charge is 0.336 e. The number of imidazole rings is 1. The first kappa shape index (κ1) is 21.3. The molecule has 0 saturated carbocycles. The molecular formula is C26H27N5O2. The maximum absolute atomic E-state index is 12.0. The number of carboxylic acids is 1. The van der Waals surface area contributed by atoms with Crippen LogP contribution in [0.25, 0.3) is 11.0 Å². The van der Waals surface area contributed by atoms with E-state index in [4.69, 9.17) is 15.7 Å². The van der Waals surface area contributed by atoms with Crippen LogP contribution in [0.15, 0.2) is 60.8 Å². The monoisotopic (exact) mass is 441 g/mol. The molecule has 4 aromatic rings. The minimum Gasteiger partial charge on any atom is -0.478 e. The fourth-order valence-electron chi connectivity index (χ4n) is 4.80. The summed E-state index contributed by atoms with van der Waals surface area (Å²) in [6.07, 6.45) is 4.89. The Morgan fingerprint density at radius 1 is 1.15 bits per heavy atom. The van der Waals surface area contributed by atoms with Crippen molar-refractivity contribution in [3.05, 3.63) is 94.6 Å². The molecule has 168 valence electrons. The van der Waals surface area contributed by atoms with Crippen molar-refractivity contribution in [1.82, 2.24) is 19.9 Å². The number of benzene rings is 2. The number of carbonyl (C=O) groups is 1. The van der Waals surface area contributed by atoms with Gasteiger partial charge in [-0.2, -0.15) is 0 Å². The number of para-hydroxylation sites is 2. The fourth-order valence-corrected chi connectivity index (χ4v) is 4.80. The Bertz CT molecular complexity index is 1270. The number of hydrogen-bond donors (Lipinski definition) is 3. The van der Waals surface area contributed by atoms with Crippen molar-refractivity contribution in [2.45, 2.75) is 44.9 Å². The molecule has 7 heteroatoms. The van der Waals surface area contributed by atoms with E-state index in [1.54, 1.807) is 6.07 Å². The zero-order valence-electron chi connectivity index (χ0n) is 18.4. The SMILES string of the molecule is NCc1ccc(CN(Cc2nc3ccccc3[nH]2)C2CCCc3cccnc32)c(C(=O)O)c1. The molecule has 0 saturated heterocycles. The number of aromatic nitrogens is 3. The van der Waals surface area contributed by atoms with Crippen molar-refractivity contribution < 1.29 is 9.90 Å². The van der Waals surface area contributed by atoms with E-state index in [9.17, 15) is 9.90 Å². The zero-order valence-corrected chi connectivity index (χ0v) is 18.4. The molecule has 0 spiro atoms. The van der Waals surface area contributed by atoms with Gasteiger partial charge < -0.3 is 15.8 Å². The average molecular weight is 442 g/mol. The standard InChI is InChI=1S/C26H27N5O2/c27-14-17-10-11-19(20(13-17)26(32)33)15-31(16-24-29-21-7-1-2-8-22(21)30-24)23-9-3-5-18-6-4-12-28-25(18)23/h1-2,4,6-8,10-13,23H,3,5,9,14-16,27H2,(H,29,30)(H,32,33). The van der Waals surface area contributed by atoms with Crippen molar-refractivity contribution in [3.8, 4) is 0 Å². The van der Waals surface area contributed by atoms with Crippen LogP contribution in [0.2, 0.25) is 0 Å². The van der Waals surface area contributed by atoms with Gasteiger partial charge in [0.25, 0.3) is 0 Å². The third-order valence-corrected chi connectivity index (χ3v) is 6.41. The summed E-state index contributed by atoms with van der Waals surface area (Å²) < 4.78 is 0. The van der Waals surface area contributed by atoms with Gasteiger partial charge in [0.1, 0.15) is 5.82 Å². The molecule has 5 rings (SSSR count). The van der Waals surface area contributed by atoms with Gasteiger partial charge in [-0.1, -0.05) is 30.3 Å². The Hall–Kier alpha value is -3.55. The van der Waals surface area contributed by atoms with Crippen molar-refractivity contribution in [3.63, 3.8) is 0 Å². The van der Waals surface area contributed by atoms with E-state index >= 15 is 0 Å². The van der Waals surface area contributed by atoms with Gasteiger partial charge in [0, 0.05) is 19.3 Å². The number of H-pyrrole nitrogens is 1. The van der Waals surface area contributed by atoms with Crippen molar-refractivity contribution in [1.29, 1.82) is 0 Å². The molecule has 2 heterocycles. The van der Waals surface area contributed by atoms with Gasteiger partial charge in [0.15, 0.2) is 0 Å². The maximum atomic E-state index is 12.0. The van der Waals surface area contributed by atoms with E-state index in [2.05, 4.69) is 16.0 Å². The second kappa shape index (κ2) is 9.13. The molecular weight excluding hydrogens is 414 g/mol. The summed E-state index contributed by atoms with van der Waals surface area (Å²) >= 11 is 0. The van der Waals surface area contributed by atoms with Crippen LogP contribution in [0.3, 0.4) is 0 Å². The van der Waals surface area contributed by atoms with Crippen molar-refractivity contribution in [2.24, 2.45) is 5.73 Å². The van der Waals surface area contributed by atoms with Crippen LogP contribution in [0, 0.1) is 0 Å². The minimum absolute atomic E-state index is 0.0824. The van der Waals surface area contributed by atoms with E-state index < -0.39 is 5.97 Å². The fraction of sp³-hybridized carbons (Fsp3) is 0.269. The van der Waals surface area contributed by atoms with Gasteiger partial charge >= 0.3 is 5.97 Å². The number of pyridine rings is 1. The number of aromatic carboxylic acids is 1. The summed E-state index contributed by atoms with van der Waals surface area (Å²) in [5.74, 6) is -0.0825. The van der Waals surface area contributed by atoms with Crippen LogP contribution in [-0.4, -0.2) is 30.9 Å². The van der Waals surface area contributed by atoms with Crippen LogP contribution >= 0.6 is 0 Å². The Morgan fingerprint density at radius 2 is 2.03 bits per heavy atom. The first-order valence-electron chi connectivity index (χ1n) is 11.3. The largest absolute Gasteiger partial charge is 0.478 e. The topological polar surface area (TPSA) is 108 Å². The molecule has 0 bridgehead atoms. The second-order valence-electron chi connectivity index (χ2n) is 8.56. The summed E-state index contributed by atoms with van der Waals surface area (Å²) in [6.45, 7) is 1.35. The van der Waals surface area contributed by atoms with Gasteiger partial charge in [-0.15, -0.1) is 0 Å². The summed E-state index contributed by atoms with van der Waals surface area (Å²) in [5.41, 5.74) is 11.9. The maximum Gasteiger partial charge on any atom is 0.336 e. The molecule has 0 aliphatic heterocycles. The highest BCUT2D eigenvalue weighted by Crippen LogP contribution is 2.35. The molecule has 1 atom stereocenters. The second-order valence-corrected chi connectivity index (χ2v) is 8.56. The lowest BCUT2D eigenvalue weighted by Crippen LogP contribution is -2.32. The van der Waals surface area contributed by atoms with Crippen molar-refractivity contribution >= 4 is 17.0 Å². The number of fused-ring (bicyclic) bond motifs is 2. The van der Waals surface area contributed by atoms with Gasteiger partial charge in [-0.3, -0.25) is 9.88 Å². The molecule has 0 radical (unpaired) electrons. The normalized spacial score (nSPS) is 15.6. The molecule has 1 unspecified atom stereocenters. The molecule has 33 heavy (non-hydrogen) atoms. The highest BCUT2D eigenvalue weighted by molar-refractivity contribution is 5.89. The average Bonchev–Trinajstić information content (AvgIpc) is 3.26. The van der Waals surface area contributed by atoms with E-state index in [1.165, 1.54) is 5.56 Å². The van der Waals surface area contributed by atoms with Gasteiger partial charge in [0.2, 0.25) is 0 Å². The molecule has 0 amide bonds.